The largest absolute Gasteiger partial charge is 0.493 e. The predicted octanol–water partition coefficient (Wildman–Crippen LogP) is 3.56. The molecule has 6 heteroatoms. The number of ether oxygens (including phenoxy) is 2. The predicted molar refractivity (Wildman–Crippen MR) is 109 cm³/mol. The Labute approximate surface area is 168 Å². The third kappa shape index (κ3) is 5.08. The third-order valence-corrected chi connectivity index (χ3v) is 6.25. The SMILES string of the molecule is COc1cc(Cl)cc(CN2CCN(C3CCCCC3)C(CCO)C2)c1OC. The minimum atomic E-state index is 0.246. The molecule has 1 saturated heterocycles. The Morgan fingerprint density at radius 3 is 2.56 bits per heavy atom. The molecule has 1 atom stereocenters. The van der Waals surface area contributed by atoms with Gasteiger partial charge in [0.05, 0.1) is 14.2 Å². The van der Waals surface area contributed by atoms with Gasteiger partial charge in [0, 0.05) is 61.5 Å². The fourth-order valence-electron chi connectivity index (χ4n) is 4.74. The van der Waals surface area contributed by atoms with Crippen LogP contribution in [0, 0.1) is 0 Å². The molecule has 3 rings (SSSR count). The first kappa shape index (κ1) is 20.7. The van der Waals surface area contributed by atoms with Crippen molar-refractivity contribution in [3.8, 4) is 11.5 Å². The number of benzene rings is 1. The molecule has 0 aromatic heterocycles. The molecule has 0 spiro atoms. The smallest absolute Gasteiger partial charge is 0.165 e. The number of hydrogen-bond acceptors (Lipinski definition) is 5. The van der Waals surface area contributed by atoms with Gasteiger partial charge in [0.2, 0.25) is 0 Å². The van der Waals surface area contributed by atoms with Crippen molar-refractivity contribution in [1.29, 1.82) is 0 Å². The molecule has 152 valence electrons. The van der Waals surface area contributed by atoms with Gasteiger partial charge in [0.15, 0.2) is 11.5 Å². The molecule has 27 heavy (non-hydrogen) atoms. The average Bonchev–Trinajstić information content (AvgIpc) is 2.68. The van der Waals surface area contributed by atoms with Gasteiger partial charge in [-0.3, -0.25) is 9.80 Å². The van der Waals surface area contributed by atoms with Crippen molar-refractivity contribution in [2.45, 2.75) is 57.2 Å². The molecule has 0 amide bonds. The van der Waals surface area contributed by atoms with Crippen LogP contribution in [0.15, 0.2) is 12.1 Å². The number of halogens is 1. The zero-order valence-corrected chi connectivity index (χ0v) is 17.4. The number of methoxy groups -OCH3 is 2. The van der Waals surface area contributed by atoms with Crippen LogP contribution in [0.2, 0.25) is 5.02 Å². The van der Waals surface area contributed by atoms with Crippen molar-refractivity contribution in [3.05, 3.63) is 22.7 Å². The van der Waals surface area contributed by atoms with Crippen LogP contribution in [0.4, 0.5) is 0 Å². The maximum atomic E-state index is 9.60. The Bertz CT molecular complexity index is 607. The molecule has 1 heterocycles. The van der Waals surface area contributed by atoms with Crippen LogP contribution in [0.1, 0.15) is 44.1 Å². The number of nitrogens with zero attached hydrogens (tertiary/aromatic N) is 2. The highest BCUT2D eigenvalue weighted by Gasteiger charge is 2.32. The van der Waals surface area contributed by atoms with Gasteiger partial charge in [-0.25, -0.2) is 0 Å². The standard InChI is InChI=1S/C21H33ClN2O3/c1-26-20-13-17(22)12-16(21(20)27-2)14-23-9-10-24(19(15-23)8-11-25)18-6-4-3-5-7-18/h12-13,18-19,25H,3-11,14-15H2,1-2H3. The van der Waals surface area contributed by atoms with Gasteiger partial charge in [-0.15, -0.1) is 0 Å². The summed E-state index contributed by atoms with van der Waals surface area (Å²) in [6, 6.07) is 4.87. The summed E-state index contributed by atoms with van der Waals surface area (Å²) in [7, 11) is 3.31. The molecule has 1 aliphatic carbocycles. The summed E-state index contributed by atoms with van der Waals surface area (Å²) in [6.07, 6.45) is 7.51. The Hall–Kier alpha value is -1.01. The van der Waals surface area contributed by atoms with E-state index in [0.717, 1.165) is 43.9 Å². The second kappa shape index (κ2) is 9.97. The van der Waals surface area contributed by atoms with Crippen LogP contribution in [0.5, 0.6) is 11.5 Å². The lowest BCUT2D eigenvalue weighted by molar-refractivity contribution is 0.0134. The van der Waals surface area contributed by atoms with E-state index in [0.29, 0.717) is 22.9 Å². The number of hydrogen-bond donors (Lipinski definition) is 1. The van der Waals surface area contributed by atoms with Crippen LogP contribution in [-0.4, -0.2) is 67.5 Å². The van der Waals surface area contributed by atoms with Gasteiger partial charge in [-0.2, -0.15) is 0 Å². The van der Waals surface area contributed by atoms with Crippen LogP contribution >= 0.6 is 11.6 Å². The zero-order valence-electron chi connectivity index (χ0n) is 16.6. The van der Waals surface area contributed by atoms with Gasteiger partial charge < -0.3 is 14.6 Å². The molecular formula is C21H33ClN2O3. The van der Waals surface area contributed by atoms with E-state index in [1.54, 1.807) is 20.3 Å². The Morgan fingerprint density at radius 2 is 1.89 bits per heavy atom. The van der Waals surface area contributed by atoms with E-state index in [2.05, 4.69) is 9.80 Å². The highest BCUT2D eigenvalue weighted by Crippen LogP contribution is 2.36. The number of rotatable bonds is 7. The molecule has 1 N–H and O–H groups in total. The van der Waals surface area contributed by atoms with E-state index < -0.39 is 0 Å². The molecule has 5 nitrogen and oxygen atoms in total. The van der Waals surface area contributed by atoms with E-state index in [1.165, 1.54) is 32.1 Å². The maximum Gasteiger partial charge on any atom is 0.165 e. The summed E-state index contributed by atoms with van der Waals surface area (Å²) in [5.41, 5.74) is 1.05. The number of aliphatic hydroxyl groups is 1. The minimum absolute atomic E-state index is 0.246. The van der Waals surface area contributed by atoms with Gasteiger partial charge in [0.1, 0.15) is 0 Å². The second-order valence-corrected chi connectivity index (χ2v) is 8.17. The van der Waals surface area contributed by atoms with Crippen molar-refractivity contribution in [3.63, 3.8) is 0 Å². The van der Waals surface area contributed by atoms with Crippen molar-refractivity contribution in [2.24, 2.45) is 0 Å². The summed E-state index contributed by atoms with van der Waals surface area (Å²) in [5.74, 6) is 1.43. The second-order valence-electron chi connectivity index (χ2n) is 7.73. The molecule has 2 aliphatic rings. The third-order valence-electron chi connectivity index (χ3n) is 6.03. The van der Waals surface area contributed by atoms with Crippen molar-refractivity contribution < 1.29 is 14.6 Å². The summed E-state index contributed by atoms with van der Waals surface area (Å²) in [5, 5.41) is 10.3. The first-order chi connectivity index (χ1) is 13.2. The molecule has 1 aromatic carbocycles. The molecular weight excluding hydrogens is 364 g/mol. The first-order valence-electron chi connectivity index (χ1n) is 10.2. The Morgan fingerprint density at radius 1 is 1.11 bits per heavy atom. The topological polar surface area (TPSA) is 45.2 Å². The molecule has 1 aromatic rings. The van der Waals surface area contributed by atoms with E-state index in [9.17, 15) is 5.11 Å². The van der Waals surface area contributed by atoms with E-state index in [-0.39, 0.29) is 6.61 Å². The Balaban J connectivity index is 1.71. The fourth-order valence-corrected chi connectivity index (χ4v) is 4.97. The fraction of sp³-hybridized carbons (Fsp3) is 0.714. The summed E-state index contributed by atoms with van der Waals surface area (Å²) in [6.45, 7) is 4.08. The van der Waals surface area contributed by atoms with Gasteiger partial charge >= 0.3 is 0 Å². The van der Waals surface area contributed by atoms with E-state index in [4.69, 9.17) is 21.1 Å². The van der Waals surface area contributed by atoms with Crippen molar-refractivity contribution in [1.82, 2.24) is 9.80 Å². The lowest BCUT2D eigenvalue weighted by Crippen LogP contribution is -2.56. The van der Waals surface area contributed by atoms with Gasteiger partial charge in [-0.05, 0) is 25.3 Å². The van der Waals surface area contributed by atoms with Crippen LogP contribution in [0.25, 0.3) is 0 Å². The Kier molecular flexibility index (Phi) is 7.65. The zero-order chi connectivity index (χ0) is 19.2. The van der Waals surface area contributed by atoms with E-state index >= 15 is 0 Å². The van der Waals surface area contributed by atoms with Crippen molar-refractivity contribution >= 4 is 11.6 Å². The quantitative estimate of drug-likeness (QED) is 0.763. The number of aliphatic hydroxyl groups excluding tert-OH is 1. The molecule has 0 radical (unpaired) electrons. The first-order valence-corrected chi connectivity index (χ1v) is 10.5. The normalized spacial score (nSPS) is 22.7. The van der Waals surface area contributed by atoms with Crippen LogP contribution in [-0.2, 0) is 6.54 Å². The summed E-state index contributed by atoms with van der Waals surface area (Å²) in [4.78, 5) is 5.12. The lowest BCUT2D eigenvalue weighted by atomic mass is 9.91. The number of piperazine rings is 1. The lowest BCUT2D eigenvalue weighted by Gasteiger charge is -2.46. The van der Waals surface area contributed by atoms with Gasteiger partial charge in [-0.1, -0.05) is 30.9 Å². The molecule has 1 unspecified atom stereocenters. The van der Waals surface area contributed by atoms with Crippen LogP contribution in [0.3, 0.4) is 0 Å². The summed E-state index contributed by atoms with van der Waals surface area (Å²) >= 11 is 6.28. The van der Waals surface area contributed by atoms with E-state index in [1.807, 2.05) is 6.07 Å². The average molecular weight is 397 g/mol. The molecule has 2 fully saturated rings. The highest BCUT2D eigenvalue weighted by molar-refractivity contribution is 6.30. The monoisotopic (exact) mass is 396 g/mol. The molecule has 1 aliphatic heterocycles. The maximum absolute atomic E-state index is 9.60. The van der Waals surface area contributed by atoms with Crippen molar-refractivity contribution in [2.75, 3.05) is 40.5 Å². The molecule has 1 saturated carbocycles. The van der Waals surface area contributed by atoms with Gasteiger partial charge in [0.25, 0.3) is 0 Å². The minimum Gasteiger partial charge on any atom is -0.493 e. The summed E-state index contributed by atoms with van der Waals surface area (Å²) < 4.78 is 11.0. The molecule has 0 bridgehead atoms. The highest BCUT2D eigenvalue weighted by atomic mass is 35.5. The van der Waals surface area contributed by atoms with Crippen LogP contribution < -0.4 is 9.47 Å².